The summed E-state index contributed by atoms with van der Waals surface area (Å²) < 4.78 is 32.4. The Kier molecular flexibility index (Phi) is 3.87. The molecule has 6 heteroatoms. The minimum Gasteiger partial charge on any atom is -0.401 e. The van der Waals surface area contributed by atoms with E-state index >= 15 is 0 Å². The number of nitrogens with one attached hydrogen (secondary N) is 1. The van der Waals surface area contributed by atoms with E-state index in [1.165, 1.54) is 6.08 Å². The predicted molar refractivity (Wildman–Crippen MR) is 79.5 cm³/mol. The van der Waals surface area contributed by atoms with Crippen molar-refractivity contribution < 1.29 is 13.0 Å². The quantitative estimate of drug-likeness (QED) is 0.682. The summed E-state index contributed by atoms with van der Waals surface area (Å²) in [6.45, 7) is 4.02. The first-order valence-electron chi connectivity index (χ1n) is 6.29. The monoisotopic (exact) mass is 294 g/mol. The van der Waals surface area contributed by atoms with Gasteiger partial charge in [-0.05, 0) is 35.9 Å². The van der Waals surface area contributed by atoms with E-state index in [-0.39, 0.29) is 11.7 Å². The summed E-state index contributed by atoms with van der Waals surface area (Å²) in [7, 11) is -4.28. The van der Waals surface area contributed by atoms with E-state index in [2.05, 4.69) is 5.32 Å². The highest BCUT2D eigenvalue weighted by Crippen LogP contribution is 2.25. The van der Waals surface area contributed by atoms with Crippen molar-refractivity contribution in [3.63, 3.8) is 0 Å². The van der Waals surface area contributed by atoms with Crippen molar-refractivity contribution in [3.8, 4) is 0 Å². The van der Waals surface area contributed by atoms with Crippen LogP contribution in [-0.4, -0.2) is 19.0 Å². The van der Waals surface area contributed by atoms with E-state index in [0.717, 1.165) is 10.4 Å². The molecule has 0 saturated carbocycles. The molecule has 108 valence electrons. The zero-order valence-electron chi connectivity index (χ0n) is 11.4. The van der Waals surface area contributed by atoms with Gasteiger partial charge in [-0.1, -0.05) is 24.3 Å². The van der Waals surface area contributed by atoms with Gasteiger partial charge < -0.3 is 11.1 Å². The van der Waals surface area contributed by atoms with Gasteiger partial charge in [-0.15, -0.1) is 0 Å². The summed E-state index contributed by atoms with van der Waals surface area (Å²) in [6.07, 6.45) is 5.12. The Bertz CT molecular complexity index is 764. The van der Waals surface area contributed by atoms with Crippen LogP contribution in [0, 0.1) is 0 Å². The van der Waals surface area contributed by atoms with Crippen LogP contribution in [-0.2, 0) is 10.1 Å². The minimum absolute atomic E-state index is 0.119. The van der Waals surface area contributed by atoms with Gasteiger partial charge in [0.2, 0.25) is 0 Å². The van der Waals surface area contributed by atoms with Gasteiger partial charge in [-0.2, -0.15) is 8.42 Å². The van der Waals surface area contributed by atoms with Crippen molar-refractivity contribution in [1.29, 1.82) is 0 Å². The highest BCUT2D eigenvalue weighted by molar-refractivity contribution is 7.86. The average Bonchev–Trinajstić information content (AvgIpc) is 2.33. The predicted octanol–water partition coefficient (Wildman–Crippen LogP) is -0.0118. The molecule has 1 aromatic carbocycles. The van der Waals surface area contributed by atoms with Crippen LogP contribution in [0.1, 0.15) is 24.7 Å². The molecule has 1 aromatic rings. The molecule has 20 heavy (non-hydrogen) atoms. The van der Waals surface area contributed by atoms with E-state index in [1.807, 2.05) is 26.1 Å². The number of rotatable bonds is 3. The summed E-state index contributed by atoms with van der Waals surface area (Å²) >= 11 is 0. The molecule has 5 nitrogen and oxygen atoms in total. The molecule has 0 saturated heterocycles. The minimum atomic E-state index is -4.28. The zero-order chi connectivity index (χ0) is 14.9. The standard InChI is InChI=1S/C14H18N2O3S/c1-9(2)16-8-10-4-3-5-12-11(10)6-7-13(15)14(12)20(17,18)19/h3-9,14,16H,15H2,1-2H3,(H,17,18,19)/b10-8+. The topological polar surface area (TPSA) is 92.4 Å². The molecule has 0 aromatic heterocycles. The van der Waals surface area contributed by atoms with Gasteiger partial charge in [0.25, 0.3) is 10.1 Å². The maximum Gasteiger partial charge on any atom is 0.277 e. The normalized spacial score (nSPS) is 19.3. The summed E-state index contributed by atoms with van der Waals surface area (Å²) in [5.41, 5.74) is 6.33. The molecule has 0 spiro atoms. The maximum absolute atomic E-state index is 11.5. The molecule has 1 unspecified atom stereocenters. The van der Waals surface area contributed by atoms with Gasteiger partial charge >= 0.3 is 0 Å². The molecule has 0 radical (unpaired) electrons. The molecule has 0 aliphatic heterocycles. The fourth-order valence-corrected chi connectivity index (χ4v) is 3.13. The molecule has 0 heterocycles. The third-order valence-electron chi connectivity index (χ3n) is 3.07. The summed E-state index contributed by atoms with van der Waals surface area (Å²) in [6, 6.07) is 5.56. The molecule has 0 bridgehead atoms. The van der Waals surface area contributed by atoms with E-state index in [1.54, 1.807) is 18.2 Å². The van der Waals surface area contributed by atoms with E-state index in [9.17, 15) is 13.0 Å². The lowest BCUT2D eigenvalue weighted by atomic mass is 10.0. The Hall–Kier alpha value is -1.79. The van der Waals surface area contributed by atoms with Crippen molar-refractivity contribution >= 4 is 22.4 Å². The largest absolute Gasteiger partial charge is 0.401 e. The molecular formula is C14H18N2O3S. The van der Waals surface area contributed by atoms with Crippen molar-refractivity contribution in [2.45, 2.75) is 25.1 Å². The second kappa shape index (κ2) is 5.30. The summed E-state index contributed by atoms with van der Waals surface area (Å²) in [4.78, 5) is 0. The fraction of sp³-hybridized carbons (Fsp3) is 0.286. The molecule has 4 N–H and O–H groups in total. The van der Waals surface area contributed by atoms with Gasteiger partial charge in [0.05, 0.1) is 0 Å². The van der Waals surface area contributed by atoms with Crippen molar-refractivity contribution in [3.05, 3.63) is 46.0 Å². The Morgan fingerprint density at radius 1 is 1.35 bits per heavy atom. The van der Waals surface area contributed by atoms with Gasteiger partial charge in [-0.25, -0.2) is 0 Å². The molecular weight excluding hydrogens is 276 g/mol. The van der Waals surface area contributed by atoms with Crippen LogP contribution >= 0.6 is 0 Å². The number of hydrogen-bond donors (Lipinski definition) is 3. The Morgan fingerprint density at radius 2 is 2.05 bits per heavy atom. The van der Waals surface area contributed by atoms with Gasteiger partial charge in [0, 0.05) is 17.9 Å². The first-order chi connectivity index (χ1) is 9.30. The number of nitrogens with two attached hydrogens (primary N) is 1. The lowest BCUT2D eigenvalue weighted by Crippen LogP contribution is -2.37. The van der Waals surface area contributed by atoms with Crippen molar-refractivity contribution in [2.24, 2.45) is 5.73 Å². The van der Waals surface area contributed by atoms with Crippen LogP contribution in [0.5, 0.6) is 0 Å². The maximum atomic E-state index is 11.5. The summed E-state index contributed by atoms with van der Waals surface area (Å²) in [5, 5.41) is 3.57. The Labute approximate surface area is 118 Å². The highest BCUT2D eigenvalue weighted by Gasteiger charge is 2.30. The van der Waals surface area contributed by atoms with Gasteiger partial charge in [-0.3, -0.25) is 4.55 Å². The number of benzene rings is 1. The third kappa shape index (κ3) is 2.86. The first-order valence-corrected chi connectivity index (χ1v) is 7.80. The number of allylic oxidation sites excluding steroid dienone is 1. The van der Waals surface area contributed by atoms with Crippen LogP contribution in [0.4, 0.5) is 0 Å². The van der Waals surface area contributed by atoms with Gasteiger partial charge in [0.1, 0.15) is 0 Å². The van der Waals surface area contributed by atoms with Crippen LogP contribution in [0.15, 0.2) is 30.0 Å². The molecule has 2 rings (SSSR count). The second-order valence-corrected chi connectivity index (χ2v) is 6.55. The van der Waals surface area contributed by atoms with Crippen LogP contribution in [0.2, 0.25) is 0 Å². The molecule has 0 fully saturated rings. The Morgan fingerprint density at radius 3 is 2.65 bits per heavy atom. The fourth-order valence-electron chi connectivity index (χ4n) is 2.18. The summed E-state index contributed by atoms with van der Waals surface area (Å²) in [5.74, 6) is 0. The number of hydrogen-bond acceptors (Lipinski definition) is 4. The van der Waals surface area contributed by atoms with E-state index < -0.39 is 15.4 Å². The third-order valence-corrected chi connectivity index (χ3v) is 4.19. The molecule has 0 amide bonds. The SMILES string of the molecule is CC(C)N/C=c1\cccc2c1=CC=C(N)C2S(=O)(=O)O. The van der Waals surface area contributed by atoms with Crippen molar-refractivity contribution in [2.75, 3.05) is 0 Å². The molecule has 1 atom stereocenters. The average molecular weight is 294 g/mol. The molecule has 1 aliphatic rings. The zero-order valence-corrected chi connectivity index (χ0v) is 12.2. The van der Waals surface area contributed by atoms with E-state index in [0.29, 0.717) is 5.56 Å². The molecule has 1 aliphatic carbocycles. The van der Waals surface area contributed by atoms with Crippen molar-refractivity contribution in [1.82, 2.24) is 5.32 Å². The van der Waals surface area contributed by atoms with Gasteiger partial charge in [0.15, 0.2) is 5.25 Å². The lowest BCUT2D eigenvalue weighted by molar-refractivity contribution is 0.474. The smallest absolute Gasteiger partial charge is 0.277 e. The highest BCUT2D eigenvalue weighted by atomic mass is 32.2. The first kappa shape index (κ1) is 14.6. The lowest BCUT2D eigenvalue weighted by Gasteiger charge is -2.18. The number of fused-ring (bicyclic) bond motifs is 1. The van der Waals surface area contributed by atoms with Crippen LogP contribution < -0.4 is 21.5 Å². The second-order valence-electron chi connectivity index (χ2n) is 5.04. The van der Waals surface area contributed by atoms with Crippen LogP contribution in [0.3, 0.4) is 0 Å². The van der Waals surface area contributed by atoms with E-state index in [4.69, 9.17) is 5.73 Å². The Balaban J connectivity index is 2.69. The van der Waals surface area contributed by atoms with Crippen LogP contribution in [0.25, 0.3) is 12.3 Å².